The van der Waals surface area contributed by atoms with Crippen LogP contribution in [0.2, 0.25) is 0 Å². The van der Waals surface area contributed by atoms with Crippen LogP contribution in [0.1, 0.15) is 29.4 Å². The Morgan fingerprint density at radius 2 is 2.00 bits per heavy atom. The molecule has 1 aromatic heterocycles. The molecule has 1 aliphatic heterocycles. The van der Waals surface area contributed by atoms with Crippen molar-refractivity contribution in [2.24, 2.45) is 12.8 Å². The van der Waals surface area contributed by atoms with Crippen LogP contribution in [0.3, 0.4) is 0 Å². The molecule has 0 bridgehead atoms. The molecule has 0 aliphatic carbocycles. The summed E-state index contributed by atoms with van der Waals surface area (Å²) in [6.07, 6.45) is 1.08. The van der Waals surface area contributed by atoms with Crippen molar-refractivity contribution >= 4 is 0 Å². The second-order valence-corrected chi connectivity index (χ2v) is 4.59. The predicted molar refractivity (Wildman–Crippen MR) is 60.6 cm³/mol. The van der Waals surface area contributed by atoms with Crippen molar-refractivity contribution in [1.29, 1.82) is 0 Å². The smallest absolute Gasteiger partial charge is 0.0644 e. The van der Waals surface area contributed by atoms with Gasteiger partial charge in [-0.2, -0.15) is 5.10 Å². The normalized spacial score (nSPS) is 27.5. The summed E-state index contributed by atoms with van der Waals surface area (Å²) in [5.74, 6) is 0. The maximum atomic E-state index is 6.17. The summed E-state index contributed by atoms with van der Waals surface area (Å²) in [6, 6.07) is 0.593. The monoisotopic (exact) mass is 208 g/mol. The first-order valence-electron chi connectivity index (χ1n) is 5.48. The fourth-order valence-electron chi connectivity index (χ4n) is 2.63. The first-order chi connectivity index (χ1) is 7.02. The Kier molecular flexibility index (Phi) is 2.56. The highest BCUT2D eigenvalue weighted by molar-refractivity contribution is 5.30. The van der Waals surface area contributed by atoms with Crippen LogP contribution < -0.4 is 5.73 Å². The summed E-state index contributed by atoms with van der Waals surface area (Å²) >= 11 is 0. The molecule has 4 nitrogen and oxygen atoms in total. The van der Waals surface area contributed by atoms with Crippen LogP contribution in [-0.4, -0.2) is 34.3 Å². The number of hydrogen-bond acceptors (Lipinski definition) is 3. The van der Waals surface area contributed by atoms with Crippen molar-refractivity contribution in [2.45, 2.75) is 32.4 Å². The first-order valence-corrected chi connectivity index (χ1v) is 5.48. The molecule has 15 heavy (non-hydrogen) atoms. The van der Waals surface area contributed by atoms with Crippen LogP contribution in [0, 0.1) is 13.8 Å². The zero-order chi connectivity index (χ0) is 11.2. The average molecular weight is 208 g/mol. The van der Waals surface area contributed by atoms with Crippen molar-refractivity contribution in [3.8, 4) is 0 Å². The van der Waals surface area contributed by atoms with E-state index in [1.807, 2.05) is 11.7 Å². The number of nitrogens with two attached hydrogens (primary N) is 1. The van der Waals surface area contributed by atoms with Gasteiger partial charge in [0.25, 0.3) is 0 Å². The highest BCUT2D eigenvalue weighted by Gasteiger charge is 2.33. The summed E-state index contributed by atoms with van der Waals surface area (Å²) < 4.78 is 1.95. The van der Waals surface area contributed by atoms with Crippen molar-refractivity contribution in [3.05, 3.63) is 17.0 Å². The third-order valence-electron chi connectivity index (χ3n) is 3.56. The molecule has 0 amide bonds. The second-order valence-electron chi connectivity index (χ2n) is 4.59. The Hall–Kier alpha value is -0.870. The fraction of sp³-hybridized carbons (Fsp3) is 0.727. The van der Waals surface area contributed by atoms with Gasteiger partial charge in [0.2, 0.25) is 0 Å². The molecular formula is C11H20N4. The summed E-state index contributed by atoms with van der Waals surface area (Å²) in [7, 11) is 4.13. The summed E-state index contributed by atoms with van der Waals surface area (Å²) in [5, 5.41) is 4.46. The van der Waals surface area contributed by atoms with Crippen molar-refractivity contribution in [3.63, 3.8) is 0 Å². The summed E-state index contributed by atoms with van der Waals surface area (Å²) in [6.45, 7) is 5.27. The lowest BCUT2D eigenvalue weighted by molar-refractivity contribution is 0.302. The van der Waals surface area contributed by atoms with Crippen LogP contribution >= 0.6 is 0 Å². The van der Waals surface area contributed by atoms with Gasteiger partial charge in [-0.05, 0) is 27.3 Å². The van der Waals surface area contributed by atoms with Crippen LogP contribution in [0.25, 0.3) is 0 Å². The standard InChI is InChI=1S/C11H20N4/c1-7-10(8(2)15(4)13-7)11-9(12)5-6-14(11)3/h9,11H,5-6,12H2,1-4H3. The third-order valence-corrected chi connectivity index (χ3v) is 3.56. The molecule has 1 saturated heterocycles. The van der Waals surface area contributed by atoms with E-state index in [1.54, 1.807) is 0 Å². The Bertz CT molecular complexity index is 359. The molecule has 84 valence electrons. The van der Waals surface area contributed by atoms with E-state index in [1.165, 1.54) is 11.3 Å². The lowest BCUT2D eigenvalue weighted by Gasteiger charge is -2.23. The SMILES string of the molecule is Cc1nn(C)c(C)c1C1C(N)CCN1C. The molecule has 2 unspecified atom stereocenters. The van der Waals surface area contributed by atoms with Gasteiger partial charge in [-0.15, -0.1) is 0 Å². The average Bonchev–Trinajstić information content (AvgIpc) is 2.59. The molecule has 1 fully saturated rings. The molecule has 2 atom stereocenters. The van der Waals surface area contributed by atoms with Gasteiger partial charge in [0.1, 0.15) is 0 Å². The fourth-order valence-corrected chi connectivity index (χ4v) is 2.63. The van der Waals surface area contributed by atoms with E-state index in [0.717, 1.165) is 18.7 Å². The first kappa shape index (κ1) is 10.6. The largest absolute Gasteiger partial charge is 0.326 e. The quantitative estimate of drug-likeness (QED) is 0.740. The highest BCUT2D eigenvalue weighted by atomic mass is 15.3. The van der Waals surface area contributed by atoms with Crippen molar-refractivity contribution in [2.75, 3.05) is 13.6 Å². The second kappa shape index (κ2) is 3.61. The van der Waals surface area contributed by atoms with Gasteiger partial charge < -0.3 is 5.73 Å². The number of aromatic nitrogens is 2. The highest BCUT2D eigenvalue weighted by Crippen LogP contribution is 2.33. The Morgan fingerprint density at radius 3 is 2.40 bits per heavy atom. The number of hydrogen-bond donors (Lipinski definition) is 1. The van der Waals surface area contributed by atoms with E-state index in [0.29, 0.717) is 6.04 Å². The lowest BCUT2D eigenvalue weighted by atomic mass is 9.99. The lowest BCUT2D eigenvalue weighted by Crippen LogP contribution is -2.30. The molecular weight excluding hydrogens is 188 g/mol. The molecule has 1 aliphatic rings. The van der Waals surface area contributed by atoms with E-state index in [-0.39, 0.29) is 6.04 Å². The number of nitrogens with zero attached hydrogens (tertiary/aromatic N) is 3. The zero-order valence-corrected chi connectivity index (χ0v) is 9.99. The molecule has 2 N–H and O–H groups in total. The van der Waals surface area contributed by atoms with Crippen LogP contribution in [-0.2, 0) is 7.05 Å². The molecule has 2 heterocycles. The topological polar surface area (TPSA) is 47.1 Å². The number of likely N-dealkylation sites (N-methyl/N-ethyl adjacent to an activating group) is 1. The van der Waals surface area contributed by atoms with Crippen LogP contribution in [0.15, 0.2) is 0 Å². The maximum absolute atomic E-state index is 6.17. The molecule has 0 aromatic carbocycles. The van der Waals surface area contributed by atoms with Gasteiger partial charge in [-0.1, -0.05) is 0 Å². The van der Waals surface area contributed by atoms with Gasteiger partial charge in [0.15, 0.2) is 0 Å². The van der Waals surface area contributed by atoms with Gasteiger partial charge in [0.05, 0.1) is 11.7 Å². The number of likely N-dealkylation sites (tertiary alicyclic amines) is 1. The van der Waals surface area contributed by atoms with Gasteiger partial charge >= 0.3 is 0 Å². The van der Waals surface area contributed by atoms with E-state index in [2.05, 4.69) is 30.9 Å². The minimum Gasteiger partial charge on any atom is -0.326 e. The molecule has 4 heteroatoms. The van der Waals surface area contributed by atoms with E-state index in [4.69, 9.17) is 5.73 Å². The molecule has 0 saturated carbocycles. The molecule has 0 spiro atoms. The Labute approximate surface area is 91.1 Å². The van der Waals surface area contributed by atoms with Gasteiger partial charge in [-0.3, -0.25) is 9.58 Å². The van der Waals surface area contributed by atoms with Crippen LogP contribution in [0.4, 0.5) is 0 Å². The maximum Gasteiger partial charge on any atom is 0.0644 e. The predicted octanol–water partition coefficient (Wildman–Crippen LogP) is 0.741. The van der Waals surface area contributed by atoms with Gasteiger partial charge in [0, 0.05) is 30.9 Å². The summed E-state index contributed by atoms with van der Waals surface area (Å²) in [5.41, 5.74) is 9.85. The molecule has 0 radical (unpaired) electrons. The Morgan fingerprint density at radius 1 is 1.33 bits per heavy atom. The summed E-state index contributed by atoms with van der Waals surface area (Å²) in [4.78, 5) is 2.34. The van der Waals surface area contributed by atoms with E-state index < -0.39 is 0 Å². The van der Waals surface area contributed by atoms with E-state index >= 15 is 0 Å². The van der Waals surface area contributed by atoms with Crippen molar-refractivity contribution in [1.82, 2.24) is 14.7 Å². The zero-order valence-electron chi connectivity index (χ0n) is 9.99. The van der Waals surface area contributed by atoms with Crippen molar-refractivity contribution < 1.29 is 0 Å². The minimum absolute atomic E-state index is 0.247. The third kappa shape index (κ3) is 1.58. The Balaban J connectivity index is 2.44. The van der Waals surface area contributed by atoms with Gasteiger partial charge in [-0.25, -0.2) is 0 Å². The van der Waals surface area contributed by atoms with Crippen LogP contribution in [0.5, 0.6) is 0 Å². The molecule has 2 rings (SSSR count). The molecule has 1 aromatic rings. The van der Waals surface area contributed by atoms with E-state index in [9.17, 15) is 0 Å². The number of rotatable bonds is 1. The number of aryl methyl sites for hydroxylation is 2. The minimum atomic E-state index is 0.247.